The van der Waals surface area contributed by atoms with Crippen molar-refractivity contribution in [1.29, 1.82) is 0 Å². The number of carbonyl (C=O) groups excluding carboxylic acids is 7. The molecule has 5 heterocycles. The molecule has 1 aromatic carbocycles. The van der Waals surface area contributed by atoms with Gasteiger partial charge in [-0.3, -0.25) is 38.6 Å². The Morgan fingerprint density at radius 2 is 1.76 bits per heavy atom. The molecule has 7 amide bonds. The maximum absolute atomic E-state index is 13.5. The van der Waals surface area contributed by atoms with Crippen LogP contribution in [0.15, 0.2) is 30.6 Å². The van der Waals surface area contributed by atoms with Crippen LogP contribution in [0.25, 0.3) is 11.2 Å². The maximum Gasteiger partial charge on any atom is 0.410 e. The summed E-state index contributed by atoms with van der Waals surface area (Å²) in [4.78, 5) is 111. The first-order chi connectivity index (χ1) is 32.2. The summed E-state index contributed by atoms with van der Waals surface area (Å²) >= 11 is 2.20. The number of rotatable bonds is 17. The van der Waals surface area contributed by atoms with Crippen molar-refractivity contribution < 1.29 is 53.2 Å². The molecule has 3 saturated heterocycles. The van der Waals surface area contributed by atoms with E-state index in [1.165, 1.54) is 23.1 Å². The molecule has 1 saturated carbocycles. The number of carbonyl (C=O) groups is 7. The Bertz CT molecular complexity index is 2440. The highest BCUT2D eigenvalue weighted by Crippen LogP contribution is 2.74. The van der Waals surface area contributed by atoms with Gasteiger partial charge in [0, 0.05) is 28.6 Å². The number of H-pyrrole nitrogens is 1. The lowest BCUT2D eigenvalue weighted by Gasteiger charge is -2.42. The third kappa shape index (κ3) is 9.83. The van der Waals surface area contributed by atoms with Crippen LogP contribution in [-0.4, -0.2) is 147 Å². The van der Waals surface area contributed by atoms with Crippen LogP contribution < -0.4 is 26.6 Å². The molecule has 0 radical (unpaired) electrons. The number of fused-ring (bicyclic) bond motifs is 2. The van der Waals surface area contributed by atoms with Crippen molar-refractivity contribution in [2.45, 2.75) is 139 Å². The van der Waals surface area contributed by atoms with Gasteiger partial charge < -0.3 is 51.3 Å². The lowest BCUT2D eigenvalue weighted by atomic mass is 9.95. The number of benzene rings is 1. The topological polar surface area (TPSA) is 300 Å². The standard InChI is InChI=1S/C45H60IN11O11/c1-8-16-45-34(44(45,7)46)41(64)57(42(45)65)18-15-28(58)53-29(21(2)3)39(63)49-22(4)37(61)52-26-13-11-25(12-14-26)19-67-43(66)56-17-9-10-27(56)38(62)54-30-23(5)68-40(33(60)32(30)59)55-36-31-35(47-20-48-36)51-24(6)50-31/h11-14,20-23,27,29-30,32-34,40,59-60H,8-10,15-19H2,1-7H3,(H,49,63)(H,52,61)(H,53,58)(H,54,62)(H2,47,48,50,51,55)/t22-,23-,27+,29-,30-,32+,33-,34?,40-,44?,45?/m0/s1. The van der Waals surface area contributed by atoms with Crippen molar-refractivity contribution in [3.63, 3.8) is 0 Å². The summed E-state index contributed by atoms with van der Waals surface area (Å²) in [6.45, 7) is 12.3. The van der Waals surface area contributed by atoms with Gasteiger partial charge in [-0.2, -0.15) is 0 Å². The second kappa shape index (κ2) is 20.2. The van der Waals surface area contributed by atoms with Crippen molar-refractivity contribution in [2.24, 2.45) is 17.3 Å². The molecule has 8 N–H and O–H groups in total. The minimum absolute atomic E-state index is 0.0810. The van der Waals surface area contributed by atoms with Gasteiger partial charge in [-0.05, 0) is 70.6 Å². The highest BCUT2D eigenvalue weighted by Gasteiger charge is 2.84. The number of piperidine rings is 1. The quantitative estimate of drug-likeness (QED) is 0.0543. The molecule has 0 spiro atoms. The number of nitrogens with zero attached hydrogens (tertiary/aromatic N) is 5. The van der Waals surface area contributed by atoms with Gasteiger partial charge in [-0.15, -0.1) is 0 Å². The van der Waals surface area contributed by atoms with Crippen molar-refractivity contribution in [3.8, 4) is 0 Å². The Kier molecular flexibility index (Phi) is 15.0. The number of imide groups is 1. The first kappa shape index (κ1) is 50.3. The van der Waals surface area contributed by atoms with Gasteiger partial charge in [0.25, 0.3) is 0 Å². The van der Waals surface area contributed by atoms with E-state index in [2.05, 4.69) is 69.1 Å². The number of aliphatic hydroxyl groups excluding tert-OH is 2. The molecular weight excluding hydrogens is 997 g/mol. The van der Waals surface area contributed by atoms with Gasteiger partial charge >= 0.3 is 6.09 Å². The van der Waals surface area contributed by atoms with E-state index in [4.69, 9.17) is 9.47 Å². The number of aromatic amines is 1. The largest absolute Gasteiger partial charge is 0.445 e. The minimum atomic E-state index is -1.47. The number of alkyl halides is 1. The highest BCUT2D eigenvalue weighted by atomic mass is 127. The SMILES string of the molecule is CCCC12C(=O)N(CCC(=O)N[C@H](C(=O)N[C@@H](C)C(=O)Nc3ccc(COC(=O)N4CCC[C@@H]4C(=O)N[C@@H]4[C@@H](O)[C@H](O)[C@@H](Nc5ncnc6nc(C)[nH]c56)O[C@H]4C)cc3)C(C)C)C(=O)C1C2(C)I. The average molecular weight is 1060 g/mol. The van der Waals surface area contributed by atoms with Crippen molar-refractivity contribution >= 4 is 86.8 Å². The molecule has 3 aromatic rings. The van der Waals surface area contributed by atoms with Gasteiger partial charge in [0.1, 0.15) is 54.6 Å². The molecule has 22 nitrogen and oxygen atoms in total. The van der Waals surface area contributed by atoms with Gasteiger partial charge in [-0.25, -0.2) is 19.7 Å². The summed E-state index contributed by atoms with van der Waals surface area (Å²) in [5, 5.41) is 36.0. The van der Waals surface area contributed by atoms with E-state index < -0.39 is 93.2 Å². The van der Waals surface area contributed by atoms with E-state index in [0.29, 0.717) is 53.3 Å². The molecule has 4 aliphatic rings. The van der Waals surface area contributed by atoms with E-state index in [1.54, 1.807) is 52.0 Å². The molecule has 4 fully saturated rings. The van der Waals surface area contributed by atoms with E-state index in [-0.39, 0.29) is 43.8 Å². The molecule has 368 valence electrons. The van der Waals surface area contributed by atoms with Gasteiger partial charge in [0.15, 0.2) is 17.7 Å². The predicted molar refractivity (Wildman–Crippen MR) is 252 cm³/mol. The number of amides is 7. The summed E-state index contributed by atoms with van der Waals surface area (Å²) in [5.41, 5.74) is 1.17. The lowest BCUT2D eigenvalue weighted by Crippen LogP contribution is -2.65. The van der Waals surface area contributed by atoms with Crippen molar-refractivity contribution in [3.05, 3.63) is 42.0 Å². The zero-order valence-electron chi connectivity index (χ0n) is 39.0. The molecule has 1 aliphatic carbocycles. The van der Waals surface area contributed by atoms with Crippen LogP contribution in [0.1, 0.15) is 85.0 Å². The number of halogens is 1. The zero-order chi connectivity index (χ0) is 49.4. The van der Waals surface area contributed by atoms with Crippen LogP contribution in [0.5, 0.6) is 0 Å². The molecule has 3 aliphatic heterocycles. The fourth-order valence-electron chi connectivity index (χ4n) is 9.65. The van der Waals surface area contributed by atoms with Gasteiger partial charge in [0.2, 0.25) is 35.4 Å². The highest BCUT2D eigenvalue weighted by molar-refractivity contribution is 14.1. The number of imidazole rings is 1. The molecule has 23 heteroatoms. The van der Waals surface area contributed by atoms with Crippen LogP contribution in [0.4, 0.5) is 16.3 Å². The summed E-state index contributed by atoms with van der Waals surface area (Å²) < 4.78 is 11.1. The summed E-state index contributed by atoms with van der Waals surface area (Å²) in [5.74, 6) is -2.48. The van der Waals surface area contributed by atoms with Crippen molar-refractivity contribution in [1.82, 2.24) is 45.7 Å². The Morgan fingerprint density at radius 1 is 1.04 bits per heavy atom. The van der Waals surface area contributed by atoms with Crippen LogP contribution in [0.2, 0.25) is 0 Å². The van der Waals surface area contributed by atoms with E-state index in [9.17, 15) is 43.8 Å². The third-order valence-corrected chi connectivity index (χ3v) is 15.0. The van der Waals surface area contributed by atoms with Crippen LogP contribution in [-0.2, 0) is 44.8 Å². The van der Waals surface area contributed by atoms with Crippen LogP contribution in [0, 0.1) is 24.2 Å². The predicted octanol–water partition coefficient (Wildman–Crippen LogP) is 1.78. The number of hydrogen-bond donors (Lipinski definition) is 8. The Labute approximate surface area is 406 Å². The third-order valence-electron chi connectivity index (χ3n) is 13.5. The number of aliphatic hydroxyl groups is 2. The number of nitrogens with one attached hydrogen (secondary N) is 6. The Balaban J connectivity index is 0.839. The second-order valence-electron chi connectivity index (χ2n) is 18.6. The van der Waals surface area contributed by atoms with E-state index in [1.807, 2.05) is 13.8 Å². The molecule has 7 rings (SSSR count). The number of hydrogen-bond acceptors (Lipinski definition) is 15. The monoisotopic (exact) mass is 1060 g/mol. The Morgan fingerprint density at radius 3 is 2.46 bits per heavy atom. The summed E-state index contributed by atoms with van der Waals surface area (Å²) in [7, 11) is 0. The first-order valence-corrected chi connectivity index (χ1v) is 24.0. The van der Waals surface area contributed by atoms with Crippen LogP contribution >= 0.6 is 22.6 Å². The molecular formula is C45H60IN11O11. The van der Waals surface area contributed by atoms with Crippen LogP contribution in [0.3, 0.4) is 0 Å². The van der Waals surface area contributed by atoms with E-state index >= 15 is 0 Å². The molecule has 11 atom stereocenters. The van der Waals surface area contributed by atoms with E-state index in [0.717, 1.165) is 6.42 Å². The normalized spacial score (nSPS) is 28.5. The van der Waals surface area contributed by atoms with Crippen molar-refractivity contribution in [2.75, 3.05) is 23.7 Å². The minimum Gasteiger partial charge on any atom is -0.445 e. The smallest absolute Gasteiger partial charge is 0.410 e. The molecule has 3 unspecified atom stereocenters. The van der Waals surface area contributed by atoms with Gasteiger partial charge in [0.05, 0.1) is 23.5 Å². The molecule has 0 bridgehead atoms. The molecule has 2 aromatic heterocycles. The zero-order valence-corrected chi connectivity index (χ0v) is 41.2. The summed E-state index contributed by atoms with van der Waals surface area (Å²) in [6.07, 6.45) is -2.09. The molecule has 68 heavy (non-hydrogen) atoms. The fourth-order valence-corrected chi connectivity index (χ4v) is 11.1. The fraction of sp³-hybridized carbons (Fsp3) is 0.600. The number of likely N-dealkylation sites (tertiary alicyclic amines) is 2. The summed E-state index contributed by atoms with van der Waals surface area (Å²) in [6, 6.07) is 2.60. The Hall–Kier alpha value is -5.53. The average Bonchev–Trinajstić information content (AvgIpc) is 3.76. The number of anilines is 2. The first-order valence-electron chi connectivity index (χ1n) is 22.9. The number of aryl methyl sites for hydroxylation is 1. The maximum atomic E-state index is 13.5. The van der Waals surface area contributed by atoms with Gasteiger partial charge in [-0.1, -0.05) is 61.9 Å². The number of ether oxygens (including phenoxy) is 2. The number of aromatic nitrogens is 4. The second-order valence-corrected chi connectivity index (χ2v) is 20.8. The lowest BCUT2D eigenvalue weighted by molar-refractivity contribution is -0.173.